The molecule has 27 heavy (non-hydrogen) atoms. The molecule has 6 nitrogen and oxygen atoms in total. The fraction of sp³-hybridized carbons (Fsp3) is 0.300. The number of benzene rings is 2. The Hall–Kier alpha value is -2.77. The summed E-state index contributed by atoms with van der Waals surface area (Å²) in [6.07, 6.45) is 0. The van der Waals surface area contributed by atoms with E-state index in [4.69, 9.17) is 4.74 Å². The van der Waals surface area contributed by atoms with Crippen molar-refractivity contribution in [3.8, 4) is 5.75 Å². The highest BCUT2D eigenvalue weighted by atomic mass is 19.1. The number of hydrogen-bond donors (Lipinski definition) is 1. The van der Waals surface area contributed by atoms with Crippen LogP contribution in [0.4, 0.5) is 4.39 Å². The van der Waals surface area contributed by atoms with Crippen LogP contribution in [-0.4, -0.2) is 31.3 Å². The maximum atomic E-state index is 13.2. The molecule has 0 spiro atoms. The van der Waals surface area contributed by atoms with Crippen LogP contribution in [0.25, 0.3) is 0 Å². The molecule has 0 bridgehead atoms. The number of nitrogens with zero attached hydrogens (tertiary/aromatic N) is 4. The first-order chi connectivity index (χ1) is 13.2. The molecule has 0 amide bonds. The topological polar surface area (TPSA) is 63.4 Å². The van der Waals surface area contributed by atoms with E-state index in [2.05, 4.69) is 15.1 Å². The number of aliphatic hydroxyl groups is 1. The summed E-state index contributed by atoms with van der Waals surface area (Å²) in [6, 6.07) is 14.4. The molecular formula is C20H21FN4O2. The lowest BCUT2D eigenvalue weighted by Crippen LogP contribution is -2.34. The maximum Gasteiger partial charge on any atom is 0.158 e. The summed E-state index contributed by atoms with van der Waals surface area (Å²) in [7, 11) is 0. The summed E-state index contributed by atoms with van der Waals surface area (Å²) < 4.78 is 20.9. The summed E-state index contributed by atoms with van der Waals surface area (Å²) in [5.74, 6) is 2.02. The van der Waals surface area contributed by atoms with E-state index in [1.54, 1.807) is 6.07 Å². The molecule has 3 aromatic rings. The Bertz CT molecular complexity index is 911. The Balaban J connectivity index is 1.33. The minimum absolute atomic E-state index is 0.0793. The number of rotatable bonds is 6. The van der Waals surface area contributed by atoms with Crippen molar-refractivity contribution in [1.29, 1.82) is 0 Å². The standard InChI is InChI=1S/C20H21FN4O2/c21-17-3-1-2-16(10-17)14-27-18-6-4-15(5-7-18)11-24-8-9-25-19(12-24)22-23-20(25)13-26/h1-7,10,26H,8-9,11-14H2. The molecule has 140 valence electrons. The van der Waals surface area contributed by atoms with Crippen molar-refractivity contribution in [1.82, 2.24) is 19.7 Å². The highest BCUT2D eigenvalue weighted by Crippen LogP contribution is 2.18. The van der Waals surface area contributed by atoms with Gasteiger partial charge in [-0.05, 0) is 35.4 Å². The quantitative estimate of drug-likeness (QED) is 0.724. The first kappa shape index (κ1) is 17.6. The highest BCUT2D eigenvalue weighted by molar-refractivity contribution is 5.28. The molecule has 1 N–H and O–H groups in total. The molecule has 7 heteroatoms. The molecule has 0 aliphatic carbocycles. The molecule has 4 rings (SSSR count). The first-order valence-electron chi connectivity index (χ1n) is 8.91. The fourth-order valence-electron chi connectivity index (χ4n) is 3.26. The second kappa shape index (κ2) is 7.85. The zero-order valence-corrected chi connectivity index (χ0v) is 14.9. The Kier molecular flexibility index (Phi) is 5.13. The smallest absolute Gasteiger partial charge is 0.158 e. The Morgan fingerprint density at radius 2 is 1.89 bits per heavy atom. The van der Waals surface area contributed by atoms with Gasteiger partial charge in [0.25, 0.3) is 0 Å². The van der Waals surface area contributed by atoms with E-state index >= 15 is 0 Å². The zero-order valence-electron chi connectivity index (χ0n) is 14.9. The van der Waals surface area contributed by atoms with Crippen molar-refractivity contribution in [3.63, 3.8) is 0 Å². The maximum absolute atomic E-state index is 13.2. The van der Waals surface area contributed by atoms with Gasteiger partial charge < -0.3 is 14.4 Å². The minimum Gasteiger partial charge on any atom is -0.489 e. The highest BCUT2D eigenvalue weighted by Gasteiger charge is 2.20. The third-order valence-electron chi connectivity index (χ3n) is 4.67. The van der Waals surface area contributed by atoms with E-state index in [-0.39, 0.29) is 12.4 Å². The molecule has 0 saturated carbocycles. The summed E-state index contributed by atoms with van der Waals surface area (Å²) >= 11 is 0. The summed E-state index contributed by atoms with van der Waals surface area (Å²) in [5, 5.41) is 17.4. The second-order valence-electron chi connectivity index (χ2n) is 6.62. The van der Waals surface area contributed by atoms with Gasteiger partial charge in [-0.15, -0.1) is 10.2 Å². The molecule has 0 saturated heterocycles. The van der Waals surface area contributed by atoms with Gasteiger partial charge in [-0.2, -0.15) is 0 Å². The van der Waals surface area contributed by atoms with E-state index in [9.17, 15) is 9.50 Å². The predicted octanol–water partition coefficient (Wildman–Crippen LogP) is 2.50. The van der Waals surface area contributed by atoms with Crippen molar-refractivity contribution in [2.75, 3.05) is 6.54 Å². The molecule has 0 atom stereocenters. The Morgan fingerprint density at radius 3 is 2.67 bits per heavy atom. The average molecular weight is 368 g/mol. The molecule has 2 aromatic carbocycles. The number of aromatic nitrogens is 3. The van der Waals surface area contributed by atoms with Gasteiger partial charge in [-0.25, -0.2) is 4.39 Å². The lowest BCUT2D eigenvalue weighted by atomic mass is 10.2. The molecule has 2 heterocycles. The summed E-state index contributed by atoms with van der Waals surface area (Å²) in [6.45, 7) is 3.45. The summed E-state index contributed by atoms with van der Waals surface area (Å²) in [4.78, 5) is 2.30. The van der Waals surface area contributed by atoms with E-state index in [1.807, 2.05) is 34.9 Å². The van der Waals surface area contributed by atoms with Gasteiger partial charge in [0, 0.05) is 19.6 Å². The van der Waals surface area contributed by atoms with E-state index in [0.29, 0.717) is 19.0 Å². The molecule has 0 radical (unpaired) electrons. The fourth-order valence-corrected chi connectivity index (χ4v) is 3.26. The van der Waals surface area contributed by atoms with Crippen molar-refractivity contribution in [2.24, 2.45) is 0 Å². The molecule has 0 unspecified atom stereocenters. The van der Waals surface area contributed by atoms with E-state index in [0.717, 1.165) is 36.8 Å². The van der Waals surface area contributed by atoms with Gasteiger partial charge in [-0.3, -0.25) is 4.90 Å². The van der Waals surface area contributed by atoms with Crippen LogP contribution in [-0.2, 0) is 32.8 Å². The average Bonchev–Trinajstić information content (AvgIpc) is 3.10. The van der Waals surface area contributed by atoms with Gasteiger partial charge in [0.2, 0.25) is 0 Å². The van der Waals surface area contributed by atoms with Crippen LogP contribution in [0.3, 0.4) is 0 Å². The summed E-state index contributed by atoms with van der Waals surface area (Å²) in [5.41, 5.74) is 1.99. The van der Waals surface area contributed by atoms with Crippen molar-refractivity contribution < 1.29 is 14.2 Å². The van der Waals surface area contributed by atoms with Crippen molar-refractivity contribution >= 4 is 0 Å². The van der Waals surface area contributed by atoms with Crippen LogP contribution >= 0.6 is 0 Å². The monoisotopic (exact) mass is 368 g/mol. The molecule has 0 fully saturated rings. The Labute approximate surface area is 156 Å². The first-order valence-corrected chi connectivity index (χ1v) is 8.91. The van der Waals surface area contributed by atoms with Crippen LogP contribution in [0.2, 0.25) is 0 Å². The van der Waals surface area contributed by atoms with Gasteiger partial charge in [0.15, 0.2) is 5.82 Å². The van der Waals surface area contributed by atoms with Crippen molar-refractivity contribution in [2.45, 2.75) is 32.8 Å². The zero-order chi connectivity index (χ0) is 18.6. The number of hydrogen-bond acceptors (Lipinski definition) is 5. The van der Waals surface area contributed by atoms with E-state index in [1.165, 1.54) is 17.7 Å². The lowest BCUT2D eigenvalue weighted by Gasteiger charge is -2.27. The van der Waals surface area contributed by atoms with Crippen LogP contribution in [0.1, 0.15) is 22.8 Å². The van der Waals surface area contributed by atoms with E-state index < -0.39 is 0 Å². The minimum atomic E-state index is -0.255. The van der Waals surface area contributed by atoms with Crippen LogP contribution in [0, 0.1) is 5.82 Å². The van der Waals surface area contributed by atoms with Gasteiger partial charge in [0.1, 0.15) is 30.6 Å². The molecule has 1 aliphatic heterocycles. The van der Waals surface area contributed by atoms with Crippen LogP contribution < -0.4 is 4.74 Å². The van der Waals surface area contributed by atoms with Gasteiger partial charge >= 0.3 is 0 Å². The van der Waals surface area contributed by atoms with Gasteiger partial charge in [-0.1, -0.05) is 24.3 Å². The molecular weight excluding hydrogens is 347 g/mol. The number of ether oxygens (including phenoxy) is 1. The van der Waals surface area contributed by atoms with Gasteiger partial charge in [0.05, 0.1) is 6.54 Å². The molecule has 1 aromatic heterocycles. The van der Waals surface area contributed by atoms with Crippen molar-refractivity contribution in [3.05, 3.63) is 77.1 Å². The third kappa shape index (κ3) is 4.15. The normalized spacial score (nSPS) is 14.1. The second-order valence-corrected chi connectivity index (χ2v) is 6.62. The van der Waals surface area contributed by atoms with Crippen LogP contribution in [0.5, 0.6) is 5.75 Å². The largest absolute Gasteiger partial charge is 0.489 e. The SMILES string of the molecule is OCc1nnc2n1CCN(Cc1ccc(OCc3cccc(F)c3)cc1)C2. The predicted molar refractivity (Wildman–Crippen MR) is 97.2 cm³/mol. The number of aliphatic hydroxyl groups excluding tert-OH is 1. The number of fused-ring (bicyclic) bond motifs is 1. The molecule has 1 aliphatic rings. The Morgan fingerprint density at radius 1 is 1.04 bits per heavy atom. The van der Waals surface area contributed by atoms with Crippen LogP contribution in [0.15, 0.2) is 48.5 Å². The lowest BCUT2D eigenvalue weighted by molar-refractivity contribution is 0.199. The third-order valence-corrected chi connectivity index (χ3v) is 4.67. The number of halogens is 1.